The van der Waals surface area contributed by atoms with E-state index >= 15 is 0 Å². The highest BCUT2D eigenvalue weighted by Gasteiger charge is 2.07. The minimum Gasteiger partial charge on any atom is -0.329 e. The van der Waals surface area contributed by atoms with Gasteiger partial charge in [0.25, 0.3) is 0 Å². The zero-order chi connectivity index (χ0) is 11.8. The van der Waals surface area contributed by atoms with E-state index in [2.05, 4.69) is 41.8 Å². The van der Waals surface area contributed by atoms with Crippen LogP contribution in [0, 0.1) is 12.3 Å². The van der Waals surface area contributed by atoms with Crippen molar-refractivity contribution in [2.24, 2.45) is 5.73 Å². The summed E-state index contributed by atoms with van der Waals surface area (Å²) in [6.07, 6.45) is 8.01. The van der Waals surface area contributed by atoms with Gasteiger partial charge < -0.3 is 11.1 Å². The van der Waals surface area contributed by atoms with Gasteiger partial charge >= 0.3 is 0 Å². The summed E-state index contributed by atoms with van der Waals surface area (Å²) in [5.74, 6) is 2.61. The van der Waals surface area contributed by atoms with E-state index in [-0.39, 0.29) is 6.04 Å². The quantitative estimate of drug-likeness (QED) is 0.449. The Morgan fingerprint density at radius 3 is 2.62 bits per heavy atom. The molecule has 2 nitrogen and oxygen atoms in total. The van der Waals surface area contributed by atoms with Crippen molar-refractivity contribution in [3.63, 3.8) is 0 Å². The predicted octanol–water partition coefficient (Wildman–Crippen LogP) is 2.02. The maximum Gasteiger partial charge on any atom is 0.0444 e. The molecular formula is C13H18N2S. The van der Waals surface area contributed by atoms with Crippen molar-refractivity contribution >= 4 is 11.8 Å². The topological polar surface area (TPSA) is 38.0 Å². The van der Waals surface area contributed by atoms with Gasteiger partial charge in [0, 0.05) is 30.4 Å². The van der Waals surface area contributed by atoms with Crippen LogP contribution in [-0.2, 0) is 0 Å². The molecule has 0 radical (unpaired) electrons. The maximum absolute atomic E-state index is 5.74. The molecule has 1 rings (SSSR count). The Kier molecular flexibility index (Phi) is 6.02. The number of hydrogen-bond acceptors (Lipinski definition) is 3. The van der Waals surface area contributed by atoms with Crippen LogP contribution in [0.1, 0.15) is 18.0 Å². The first kappa shape index (κ1) is 13.1. The average Bonchev–Trinajstić information content (AvgIpc) is 2.35. The SMILES string of the molecule is C#CCCNC(CN)c1ccc(SC)cc1. The second kappa shape index (κ2) is 7.34. The van der Waals surface area contributed by atoms with Gasteiger partial charge in [-0.05, 0) is 24.0 Å². The summed E-state index contributed by atoms with van der Waals surface area (Å²) in [5.41, 5.74) is 6.96. The lowest BCUT2D eigenvalue weighted by atomic mass is 10.1. The van der Waals surface area contributed by atoms with Crippen LogP contribution in [0.5, 0.6) is 0 Å². The minimum atomic E-state index is 0.198. The Balaban J connectivity index is 2.60. The molecule has 0 spiro atoms. The smallest absolute Gasteiger partial charge is 0.0444 e. The van der Waals surface area contributed by atoms with Gasteiger partial charge in [-0.3, -0.25) is 0 Å². The molecular weight excluding hydrogens is 216 g/mol. The molecule has 0 saturated carbocycles. The van der Waals surface area contributed by atoms with E-state index in [1.807, 2.05) is 0 Å². The second-order valence-corrected chi connectivity index (χ2v) is 4.35. The normalized spacial score (nSPS) is 12.1. The van der Waals surface area contributed by atoms with Crippen LogP contribution in [0.15, 0.2) is 29.2 Å². The highest BCUT2D eigenvalue weighted by molar-refractivity contribution is 7.98. The van der Waals surface area contributed by atoms with Crippen molar-refractivity contribution in [2.75, 3.05) is 19.3 Å². The number of hydrogen-bond donors (Lipinski definition) is 2. The number of terminal acetylenes is 1. The van der Waals surface area contributed by atoms with Gasteiger partial charge in [0.2, 0.25) is 0 Å². The maximum atomic E-state index is 5.74. The molecule has 0 bridgehead atoms. The molecule has 0 amide bonds. The van der Waals surface area contributed by atoms with E-state index in [4.69, 9.17) is 12.2 Å². The lowest BCUT2D eigenvalue weighted by Gasteiger charge is -2.16. The molecule has 86 valence electrons. The molecule has 0 fully saturated rings. The van der Waals surface area contributed by atoms with Crippen LogP contribution in [0.25, 0.3) is 0 Å². The van der Waals surface area contributed by atoms with E-state index in [1.54, 1.807) is 11.8 Å². The van der Waals surface area contributed by atoms with Crippen LogP contribution >= 0.6 is 11.8 Å². The third-order valence-corrected chi connectivity index (χ3v) is 3.16. The van der Waals surface area contributed by atoms with Crippen LogP contribution in [-0.4, -0.2) is 19.3 Å². The second-order valence-electron chi connectivity index (χ2n) is 3.47. The molecule has 3 N–H and O–H groups in total. The van der Waals surface area contributed by atoms with Crippen molar-refractivity contribution < 1.29 is 0 Å². The number of rotatable bonds is 6. The Bertz CT molecular complexity index is 340. The Morgan fingerprint density at radius 1 is 1.44 bits per heavy atom. The summed E-state index contributed by atoms with van der Waals surface area (Å²) < 4.78 is 0. The molecule has 0 saturated heterocycles. The zero-order valence-electron chi connectivity index (χ0n) is 9.57. The number of benzene rings is 1. The highest BCUT2D eigenvalue weighted by Crippen LogP contribution is 2.18. The van der Waals surface area contributed by atoms with Crippen molar-refractivity contribution in [3.05, 3.63) is 29.8 Å². The van der Waals surface area contributed by atoms with Crippen molar-refractivity contribution in [2.45, 2.75) is 17.4 Å². The van der Waals surface area contributed by atoms with Gasteiger partial charge in [0.15, 0.2) is 0 Å². The number of nitrogens with one attached hydrogen (secondary N) is 1. The third-order valence-electron chi connectivity index (χ3n) is 2.41. The lowest BCUT2D eigenvalue weighted by Crippen LogP contribution is -2.28. The molecule has 1 atom stereocenters. The first-order chi connectivity index (χ1) is 7.81. The molecule has 3 heteroatoms. The standard InChI is InChI=1S/C13H18N2S/c1-3-4-9-15-13(10-14)11-5-7-12(16-2)8-6-11/h1,5-8,13,15H,4,9-10,14H2,2H3. The minimum absolute atomic E-state index is 0.198. The van der Waals surface area contributed by atoms with Crippen LogP contribution in [0.4, 0.5) is 0 Å². The van der Waals surface area contributed by atoms with Crippen molar-refractivity contribution in [1.82, 2.24) is 5.32 Å². The first-order valence-corrected chi connectivity index (χ1v) is 6.55. The van der Waals surface area contributed by atoms with Gasteiger partial charge in [0.1, 0.15) is 0 Å². The molecule has 0 aliphatic rings. The average molecular weight is 234 g/mol. The van der Waals surface area contributed by atoms with E-state index < -0.39 is 0 Å². The lowest BCUT2D eigenvalue weighted by molar-refractivity contribution is 0.550. The molecule has 1 aromatic rings. The van der Waals surface area contributed by atoms with E-state index in [0.29, 0.717) is 6.54 Å². The summed E-state index contributed by atoms with van der Waals surface area (Å²) in [7, 11) is 0. The van der Waals surface area contributed by atoms with Crippen LogP contribution in [0.3, 0.4) is 0 Å². The molecule has 0 heterocycles. The number of nitrogens with two attached hydrogens (primary N) is 1. The highest BCUT2D eigenvalue weighted by atomic mass is 32.2. The predicted molar refractivity (Wildman–Crippen MR) is 71.5 cm³/mol. The van der Waals surface area contributed by atoms with Crippen LogP contribution in [0.2, 0.25) is 0 Å². The van der Waals surface area contributed by atoms with Gasteiger partial charge in [-0.1, -0.05) is 12.1 Å². The molecule has 1 aromatic carbocycles. The fourth-order valence-corrected chi connectivity index (χ4v) is 1.90. The summed E-state index contributed by atoms with van der Waals surface area (Å²) >= 11 is 1.74. The molecule has 0 aliphatic heterocycles. The van der Waals surface area contributed by atoms with Crippen molar-refractivity contribution in [3.8, 4) is 12.3 Å². The molecule has 16 heavy (non-hydrogen) atoms. The Hall–Kier alpha value is -0.950. The fourth-order valence-electron chi connectivity index (χ4n) is 1.49. The Labute approximate surface area is 102 Å². The molecule has 0 aliphatic carbocycles. The summed E-state index contributed by atoms with van der Waals surface area (Å²) in [6, 6.07) is 8.67. The van der Waals surface area contributed by atoms with Crippen LogP contribution < -0.4 is 11.1 Å². The van der Waals surface area contributed by atoms with Gasteiger partial charge in [-0.2, -0.15) is 0 Å². The monoisotopic (exact) mass is 234 g/mol. The zero-order valence-corrected chi connectivity index (χ0v) is 10.4. The van der Waals surface area contributed by atoms with E-state index in [9.17, 15) is 0 Å². The third kappa shape index (κ3) is 3.90. The first-order valence-electron chi connectivity index (χ1n) is 5.32. The van der Waals surface area contributed by atoms with E-state index in [1.165, 1.54) is 10.5 Å². The summed E-state index contributed by atoms with van der Waals surface area (Å²) in [4.78, 5) is 1.27. The van der Waals surface area contributed by atoms with Gasteiger partial charge in [0.05, 0.1) is 0 Å². The van der Waals surface area contributed by atoms with Gasteiger partial charge in [-0.25, -0.2) is 0 Å². The Morgan fingerprint density at radius 2 is 2.12 bits per heavy atom. The number of thioether (sulfide) groups is 1. The van der Waals surface area contributed by atoms with Gasteiger partial charge in [-0.15, -0.1) is 24.1 Å². The summed E-state index contributed by atoms with van der Waals surface area (Å²) in [6.45, 7) is 1.39. The molecule has 1 unspecified atom stereocenters. The fraction of sp³-hybridized carbons (Fsp3) is 0.385. The van der Waals surface area contributed by atoms with E-state index in [0.717, 1.165) is 13.0 Å². The largest absolute Gasteiger partial charge is 0.329 e. The van der Waals surface area contributed by atoms with Crippen molar-refractivity contribution in [1.29, 1.82) is 0 Å². The summed E-state index contributed by atoms with van der Waals surface area (Å²) in [5, 5.41) is 3.35. The molecule has 0 aromatic heterocycles.